The van der Waals surface area contributed by atoms with Crippen molar-refractivity contribution < 1.29 is 9.59 Å². The summed E-state index contributed by atoms with van der Waals surface area (Å²) in [4.78, 5) is 30.6. The molecule has 0 bridgehead atoms. The fourth-order valence-electron chi connectivity index (χ4n) is 3.11. The maximum Gasteiger partial charge on any atom is 0.226 e. The zero-order valence-corrected chi connectivity index (χ0v) is 14.2. The molecule has 1 aromatic rings. The van der Waals surface area contributed by atoms with Gasteiger partial charge in [-0.05, 0) is 36.5 Å². The highest BCUT2D eigenvalue weighted by Crippen LogP contribution is 2.28. The van der Waals surface area contributed by atoms with Crippen LogP contribution in [-0.4, -0.2) is 45.3 Å². The Labute approximate surface area is 145 Å². The number of carbonyl (C=O) groups is 2. The number of rotatable bonds is 4. The molecule has 1 N–H and O–H groups in total. The molecule has 0 aromatic carbocycles. The third-order valence-electron chi connectivity index (χ3n) is 4.59. The number of amides is 2. The lowest BCUT2D eigenvalue weighted by Gasteiger charge is -2.32. The molecule has 2 aliphatic rings. The summed E-state index contributed by atoms with van der Waals surface area (Å²) in [5.41, 5.74) is 0.0458. The summed E-state index contributed by atoms with van der Waals surface area (Å²) in [5.74, 6) is 1.15. The van der Waals surface area contributed by atoms with Gasteiger partial charge in [0.2, 0.25) is 11.8 Å². The molecule has 2 saturated heterocycles. The number of aromatic nitrogens is 1. The second kappa shape index (κ2) is 7.22. The zero-order chi connectivity index (χ0) is 17.0. The number of nitrogens with zero attached hydrogens (tertiary/aromatic N) is 3. The Hall–Kier alpha value is -2.07. The van der Waals surface area contributed by atoms with E-state index in [1.807, 2.05) is 18.2 Å². The van der Waals surface area contributed by atoms with Crippen LogP contribution >= 0.6 is 11.8 Å². The van der Waals surface area contributed by atoms with Gasteiger partial charge in [-0.2, -0.15) is 17.0 Å². The van der Waals surface area contributed by atoms with Gasteiger partial charge in [-0.15, -0.1) is 0 Å². The average molecular weight is 344 g/mol. The summed E-state index contributed by atoms with van der Waals surface area (Å²) in [7, 11) is 0. The Balaban J connectivity index is 1.60. The minimum absolute atomic E-state index is 0.0361. The monoisotopic (exact) mass is 344 g/mol. The maximum absolute atomic E-state index is 12.6. The van der Waals surface area contributed by atoms with Crippen molar-refractivity contribution in [3.63, 3.8) is 0 Å². The fraction of sp³-hybridized carbons (Fsp3) is 0.529. The zero-order valence-electron chi connectivity index (χ0n) is 13.4. The number of hydrogen-bond acceptors (Lipinski definition) is 5. The van der Waals surface area contributed by atoms with Crippen molar-refractivity contribution in [1.29, 1.82) is 5.26 Å². The van der Waals surface area contributed by atoms with E-state index in [2.05, 4.69) is 16.4 Å². The Morgan fingerprint density at radius 3 is 2.92 bits per heavy atom. The largest absolute Gasteiger partial charge is 0.337 e. The van der Waals surface area contributed by atoms with E-state index in [0.717, 1.165) is 17.2 Å². The van der Waals surface area contributed by atoms with Crippen LogP contribution in [0.3, 0.4) is 0 Å². The van der Waals surface area contributed by atoms with Crippen LogP contribution < -0.4 is 5.32 Å². The lowest BCUT2D eigenvalue weighted by Crippen LogP contribution is -2.51. The molecular formula is C17H20N4O2S. The van der Waals surface area contributed by atoms with E-state index >= 15 is 0 Å². The molecule has 0 aliphatic carbocycles. The summed E-state index contributed by atoms with van der Waals surface area (Å²) < 4.78 is 0. The number of likely N-dealkylation sites (tertiary alicyclic amines) is 1. The van der Waals surface area contributed by atoms with Crippen molar-refractivity contribution in [1.82, 2.24) is 15.2 Å². The van der Waals surface area contributed by atoms with Gasteiger partial charge in [0.25, 0.3) is 0 Å². The molecule has 1 atom stereocenters. The molecule has 24 heavy (non-hydrogen) atoms. The predicted molar refractivity (Wildman–Crippen MR) is 90.8 cm³/mol. The van der Waals surface area contributed by atoms with Crippen LogP contribution in [0.2, 0.25) is 0 Å². The number of nitrogens with one attached hydrogen (secondary N) is 1. The van der Waals surface area contributed by atoms with Crippen molar-refractivity contribution in [2.45, 2.75) is 31.3 Å². The van der Waals surface area contributed by atoms with Gasteiger partial charge in [-0.25, -0.2) is 0 Å². The van der Waals surface area contributed by atoms with Gasteiger partial charge in [-0.1, -0.05) is 6.07 Å². The highest BCUT2D eigenvalue weighted by atomic mass is 32.2. The first-order chi connectivity index (χ1) is 11.6. The summed E-state index contributed by atoms with van der Waals surface area (Å²) in [6.45, 7) is 0.807. The highest BCUT2D eigenvalue weighted by molar-refractivity contribution is 7.99. The summed E-state index contributed by atoms with van der Waals surface area (Å²) in [6, 6.07) is 7.85. The van der Waals surface area contributed by atoms with Gasteiger partial charge < -0.3 is 10.2 Å². The van der Waals surface area contributed by atoms with Crippen LogP contribution in [-0.2, 0) is 16.1 Å². The van der Waals surface area contributed by atoms with Crippen molar-refractivity contribution in [2.24, 2.45) is 5.92 Å². The molecular weight excluding hydrogens is 324 g/mol. The minimum atomic E-state index is -0.764. The quantitative estimate of drug-likeness (QED) is 0.891. The molecule has 3 heterocycles. The Bertz CT molecular complexity index is 652. The SMILES string of the molecule is N#CC1(NC(=O)[C@H]2CC(=O)N(Cc3ccccn3)C2)CCSCC1. The number of pyridine rings is 1. The summed E-state index contributed by atoms with van der Waals surface area (Å²) >= 11 is 1.80. The third-order valence-corrected chi connectivity index (χ3v) is 5.57. The lowest BCUT2D eigenvalue weighted by molar-refractivity contribution is -0.129. The molecule has 2 aliphatic heterocycles. The van der Waals surface area contributed by atoms with Crippen LogP contribution in [0.25, 0.3) is 0 Å². The molecule has 6 nitrogen and oxygen atoms in total. The summed E-state index contributed by atoms with van der Waals surface area (Å²) in [5, 5.41) is 12.4. The lowest BCUT2D eigenvalue weighted by atomic mass is 9.93. The van der Waals surface area contributed by atoms with E-state index in [0.29, 0.717) is 25.9 Å². The first kappa shape index (κ1) is 16.8. The highest BCUT2D eigenvalue weighted by Gasteiger charge is 2.39. The van der Waals surface area contributed by atoms with Crippen molar-refractivity contribution >= 4 is 23.6 Å². The first-order valence-corrected chi connectivity index (χ1v) is 9.26. The second-order valence-electron chi connectivity index (χ2n) is 6.29. The van der Waals surface area contributed by atoms with E-state index in [4.69, 9.17) is 0 Å². The van der Waals surface area contributed by atoms with Gasteiger partial charge >= 0.3 is 0 Å². The topological polar surface area (TPSA) is 86.1 Å². The maximum atomic E-state index is 12.6. The Kier molecular flexibility index (Phi) is 5.05. The van der Waals surface area contributed by atoms with Crippen LogP contribution in [0.15, 0.2) is 24.4 Å². The minimum Gasteiger partial charge on any atom is -0.337 e. The second-order valence-corrected chi connectivity index (χ2v) is 7.52. The van der Waals surface area contributed by atoms with Gasteiger partial charge in [0.05, 0.1) is 24.2 Å². The van der Waals surface area contributed by atoms with Crippen molar-refractivity contribution in [2.75, 3.05) is 18.1 Å². The smallest absolute Gasteiger partial charge is 0.226 e. The fourth-order valence-corrected chi connectivity index (χ4v) is 4.30. The Morgan fingerprint density at radius 2 is 2.25 bits per heavy atom. The first-order valence-electron chi connectivity index (χ1n) is 8.11. The molecule has 3 rings (SSSR count). The number of carbonyl (C=O) groups excluding carboxylic acids is 2. The van der Waals surface area contributed by atoms with Gasteiger partial charge in [0.1, 0.15) is 5.54 Å². The van der Waals surface area contributed by atoms with Crippen LogP contribution in [0.1, 0.15) is 25.0 Å². The van der Waals surface area contributed by atoms with E-state index in [1.54, 1.807) is 22.9 Å². The van der Waals surface area contributed by atoms with Crippen LogP contribution in [0.5, 0.6) is 0 Å². The molecule has 2 amide bonds. The number of thioether (sulfide) groups is 1. The molecule has 0 unspecified atom stereocenters. The predicted octanol–water partition coefficient (Wildman–Crippen LogP) is 1.34. The summed E-state index contributed by atoms with van der Waals surface area (Å²) in [6.07, 6.45) is 3.23. The number of hydrogen-bond donors (Lipinski definition) is 1. The molecule has 0 saturated carbocycles. The normalized spacial score (nSPS) is 22.9. The Morgan fingerprint density at radius 1 is 1.46 bits per heavy atom. The van der Waals surface area contributed by atoms with Crippen molar-refractivity contribution in [3.05, 3.63) is 30.1 Å². The van der Waals surface area contributed by atoms with Crippen molar-refractivity contribution in [3.8, 4) is 6.07 Å². The van der Waals surface area contributed by atoms with Gasteiger partial charge in [0.15, 0.2) is 0 Å². The molecule has 7 heteroatoms. The molecule has 0 radical (unpaired) electrons. The van der Waals surface area contributed by atoms with Gasteiger partial charge in [0, 0.05) is 19.2 Å². The van der Waals surface area contributed by atoms with E-state index in [1.165, 1.54) is 0 Å². The number of nitriles is 1. The van der Waals surface area contributed by atoms with Gasteiger partial charge in [-0.3, -0.25) is 14.6 Å². The molecule has 0 spiro atoms. The van der Waals surface area contributed by atoms with E-state index in [-0.39, 0.29) is 24.2 Å². The van der Waals surface area contributed by atoms with Crippen LogP contribution in [0.4, 0.5) is 0 Å². The molecule has 126 valence electrons. The standard InChI is InChI=1S/C17H20N4O2S/c18-12-17(4-7-24-8-5-17)20-16(23)13-9-15(22)21(10-13)11-14-3-1-2-6-19-14/h1-3,6,13H,4-5,7-11H2,(H,20,23)/t13-/m0/s1. The third kappa shape index (κ3) is 3.70. The molecule has 2 fully saturated rings. The van der Waals surface area contributed by atoms with Crippen LogP contribution in [0, 0.1) is 17.2 Å². The van der Waals surface area contributed by atoms with E-state index in [9.17, 15) is 14.9 Å². The van der Waals surface area contributed by atoms with E-state index < -0.39 is 5.54 Å². The average Bonchev–Trinajstić information content (AvgIpc) is 2.97. The molecule has 1 aromatic heterocycles.